The average molecular weight is 875 g/mol. The zero-order chi connectivity index (χ0) is 44.6. The largest absolute Gasteiger partial charge is 0.455 e. The summed E-state index contributed by atoms with van der Waals surface area (Å²) >= 11 is 0. The third kappa shape index (κ3) is 4.48. The third-order valence-electron chi connectivity index (χ3n) is 15.6. The average Bonchev–Trinajstić information content (AvgIpc) is 4.23. The lowest BCUT2D eigenvalue weighted by atomic mass is 9.83. The van der Waals surface area contributed by atoms with Crippen molar-refractivity contribution in [3.8, 4) is 33.4 Å². The Balaban J connectivity index is 1.15. The van der Waals surface area contributed by atoms with E-state index < -0.39 is 0 Å². The van der Waals surface area contributed by atoms with Crippen molar-refractivity contribution in [1.29, 1.82) is 0 Å². The van der Waals surface area contributed by atoms with Gasteiger partial charge >= 0.3 is 0 Å². The molecule has 0 fully saturated rings. The molecule has 3 heteroatoms. The van der Waals surface area contributed by atoms with E-state index in [2.05, 4.69) is 200 Å². The van der Waals surface area contributed by atoms with Crippen LogP contribution in [0.1, 0.15) is 0 Å². The van der Waals surface area contributed by atoms with Gasteiger partial charge in [-0.25, -0.2) is 0 Å². The zero-order valence-electron chi connectivity index (χ0n) is 36.9. The molecule has 0 spiro atoms. The second-order valence-corrected chi connectivity index (χ2v) is 18.9. The van der Waals surface area contributed by atoms with Gasteiger partial charge in [0.15, 0.2) is 0 Å². The van der Waals surface area contributed by atoms with Crippen LogP contribution in [0, 0.1) is 0 Å². The summed E-state index contributed by atoms with van der Waals surface area (Å²) in [5, 5.41) is 23.8. The van der Waals surface area contributed by atoms with Gasteiger partial charge in [0.2, 0.25) is 0 Å². The molecule has 0 saturated carbocycles. The Bertz CT molecular complexity index is 5080. The van der Waals surface area contributed by atoms with E-state index in [9.17, 15) is 0 Å². The van der Waals surface area contributed by atoms with Gasteiger partial charge in [-0.05, 0) is 105 Å². The van der Waals surface area contributed by atoms with Crippen LogP contribution >= 0.6 is 0 Å². The van der Waals surface area contributed by atoms with Crippen LogP contribution in [0.15, 0.2) is 220 Å². The number of fused-ring (bicyclic) bond motifs is 17. The van der Waals surface area contributed by atoms with Crippen LogP contribution < -0.4 is 0 Å². The van der Waals surface area contributed by atoms with E-state index in [0.717, 1.165) is 88.1 Å². The van der Waals surface area contributed by atoms with Gasteiger partial charge in [-0.15, -0.1) is 0 Å². The summed E-state index contributed by atoms with van der Waals surface area (Å²) in [7, 11) is 0. The molecule has 0 amide bonds. The first-order valence-electron chi connectivity index (χ1n) is 23.7. The Kier molecular flexibility index (Phi) is 6.69. The minimum absolute atomic E-state index is 0.881. The zero-order valence-corrected chi connectivity index (χ0v) is 36.9. The highest BCUT2D eigenvalue weighted by Gasteiger charge is 2.30. The number of hydrogen-bond donors (Lipinski definition) is 0. The predicted molar refractivity (Wildman–Crippen MR) is 289 cm³/mol. The molecule has 0 radical (unpaired) electrons. The van der Waals surface area contributed by atoms with Crippen molar-refractivity contribution < 1.29 is 13.3 Å². The second-order valence-electron chi connectivity index (χ2n) is 18.9. The van der Waals surface area contributed by atoms with Crippen molar-refractivity contribution in [2.24, 2.45) is 0 Å². The van der Waals surface area contributed by atoms with Gasteiger partial charge in [0, 0.05) is 60.1 Å². The molecule has 0 N–H and O–H groups in total. The fraction of sp³-hybridized carbons (Fsp3) is 0. The molecular weight excluding hydrogens is 841 g/mol. The van der Waals surface area contributed by atoms with Crippen LogP contribution in [0.25, 0.3) is 175 Å². The molecule has 0 atom stereocenters. The van der Waals surface area contributed by atoms with Crippen LogP contribution in [0.2, 0.25) is 0 Å². The molecule has 0 unspecified atom stereocenters. The molecule has 0 aliphatic rings. The standard InChI is InChI=1S/C66H34O3/c1-2-15-36-35(14-1)41-19-9-25-47-58(41)52(36)34-53-59(47)63(51-28-13-24-46-40-18-5-8-31-56(40)69-66(46)51)62-48-26-10-20-42-37(43-21-11-22-44-38-16-3-6-29-54(38)67-64(43)44)32-33-49(57(42)48)61(62)60(53)50-27-12-23-45-39-17-4-7-30-55(39)68-65(45)50/h1-34H. The van der Waals surface area contributed by atoms with Gasteiger partial charge in [0.05, 0.1) is 0 Å². The SMILES string of the molecule is c1ccc2c(c1)oc1c(-c3ccc4c5c(-c6cccc7c6oc6ccccc67)c6cc7c8ccccc8c8cccc(c6c(-c6cccc9c6oc6ccccc69)c5c5cccc3c45)c87)cccc12. The van der Waals surface area contributed by atoms with Crippen LogP contribution in [0.3, 0.4) is 0 Å². The number of para-hydroxylation sites is 6. The minimum Gasteiger partial charge on any atom is -0.455 e. The van der Waals surface area contributed by atoms with Crippen molar-refractivity contribution in [3.63, 3.8) is 0 Å². The molecule has 17 aromatic rings. The molecule has 0 aliphatic heterocycles. The molecule has 3 aromatic heterocycles. The Hall–Kier alpha value is -9.18. The Labute approximate surface area is 392 Å². The predicted octanol–water partition coefficient (Wildman–Crippen LogP) is 19.3. The minimum atomic E-state index is 0.881. The van der Waals surface area contributed by atoms with E-state index in [1.165, 1.54) is 86.5 Å². The van der Waals surface area contributed by atoms with Gasteiger partial charge in [-0.2, -0.15) is 0 Å². The normalized spacial score (nSPS) is 12.6. The van der Waals surface area contributed by atoms with Gasteiger partial charge < -0.3 is 13.3 Å². The third-order valence-corrected chi connectivity index (χ3v) is 15.6. The first kappa shape index (κ1) is 36.0. The summed E-state index contributed by atoms with van der Waals surface area (Å²) in [6.45, 7) is 0. The molecule has 69 heavy (non-hydrogen) atoms. The fourth-order valence-electron chi connectivity index (χ4n) is 12.8. The molecule has 0 aliphatic carbocycles. The number of rotatable bonds is 3. The summed E-state index contributed by atoms with van der Waals surface area (Å²) < 4.78 is 20.8. The van der Waals surface area contributed by atoms with Crippen molar-refractivity contribution >= 4 is 141 Å². The highest BCUT2D eigenvalue weighted by Crippen LogP contribution is 2.57. The quantitative estimate of drug-likeness (QED) is 0.166. The van der Waals surface area contributed by atoms with Gasteiger partial charge in [-0.3, -0.25) is 0 Å². The summed E-state index contributed by atoms with van der Waals surface area (Å²) in [6.07, 6.45) is 0. The van der Waals surface area contributed by atoms with E-state index in [1.54, 1.807) is 0 Å². The van der Waals surface area contributed by atoms with E-state index in [0.29, 0.717) is 0 Å². The van der Waals surface area contributed by atoms with Crippen LogP contribution in [0.4, 0.5) is 0 Å². The fourth-order valence-corrected chi connectivity index (χ4v) is 12.8. The number of hydrogen-bond acceptors (Lipinski definition) is 3. The van der Waals surface area contributed by atoms with E-state index >= 15 is 0 Å². The lowest BCUT2D eigenvalue weighted by Gasteiger charge is -2.19. The van der Waals surface area contributed by atoms with Crippen molar-refractivity contribution in [2.45, 2.75) is 0 Å². The van der Waals surface area contributed by atoms with E-state index in [4.69, 9.17) is 13.3 Å². The second kappa shape index (κ2) is 12.8. The Morgan fingerprint density at radius 3 is 1.19 bits per heavy atom. The molecule has 0 bridgehead atoms. The Morgan fingerprint density at radius 1 is 0.188 bits per heavy atom. The first-order valence-corrected chi connectivity index (χ1v) is 23.7. The molecule has 14 aromatic carbocycles. The smallest absolute Gasteiger partial charge is 0.143 e. The van der Waals surface area contributed by atoms with Gasteiger partial charge in [0.25, 0.3) is 0 Å². The maximum absolute atomic E-state index is 7.04. The van der Waals surface area contributed by atoms with Gasteiger partial charge in [-0.1, -0.05) is 182 Å². The van der Waals surface area contributed by atoms with Crippen molar-refractivity contribution in [3.05, 3.63) is 206 Å². The molecule has 17 rings (SSSR count). The highest BCUT2D eigenvalue weighted by atomic mass is 16.3. The monoisotopic (exact) mass is 874 g/mol. The lowest BCUT2D eigenvalue weighted by molar-refractivity contribution is 0.669. The highest BCUT2D eigenvalue weighted by molar-refractivity contribution is 6.46. The van der Waals surface area contributed by atoms with E-state index in [-0.39, 0.29) is 0 Å². The molecule has 0 saturated heterocycles. The van der Waals surface area contributed by atoms with Crippen LogP contribution in [-0.2, 0) is 0 Å². The summed E-state index contributed by atoms with van der Waals surface area (Å²) in [5.41, 5.74) is 12.1. The molecule has 3 nitrogen and oxygen atoms in total. The molecule has 316 valence electrons. The molecular formula is C66H34O3. The maximum atomic E-state index is 7.04. The van der Waals surface area contributed by atoms with Crippen molar-refractivity contribution in [1.82, 2.24) is 0 Å². The number of benzene rings is 12. The van der Waals surface area contributed by atoms with Crippen LogP contribution in [-0.4, -0.2) is 0 Å². The number of furan rings is 3. The lowest BCUT2D eigenvalue weighted by Crippen LogP contribution is -1.92. The summed E-state index contributed by atoms with van der Waals surface area (Å²) in [4.78, 5) is 0. The topological polar surface area (TPSA) is 39.4 Å². The van der Waals surface area contributed by atoms with E-state index in [1.807, 2.05) is 6.07 Å². The summed E-state index contributed by atoms with van der Waals surface area (Å²) in [6, 6.07) is 75.1. The van der Waals surface area contributed by atoms with Gasteiger partial charge in [0.1, 0.15) is 33.5 Å². The summed E-state index contributed by atoms with van der Waals surface area (Å²) in [5.74, 6) is 0. The first-order chi connectivity index (χ1) is 34.3. The Morgan fingerprint density at radius 2 is 0.580 bits per heavy atom. The van der Waals surface area contributed by atoms with Crippen molar-refractivity contribution in [2.75, 3.05) is 0 Å². The maximum Gasteiger partial charge on any atom is 0.143 e. The van der Waals surface area contributed by atoms with Crippen LogP contribution in [0.5, 0.6) is 0 Å². The molecule has 3 heterocycles.